The van der Waals surface area contributed by atoms with Crippen molar-refractivity contribution in [2.24, 2.45) is 5.84 Å². The molecule has 0 saturated carbocycles. The van der Waals surface area contributed by atoms with Gasteiger partial charge in [-0.2, -0.15) is 0 Å². The molecule has 1 aromatic heterocycles. The zero-order valence-corrected chi connectivity index (χ0v) is 13.8. The molecule has 1 amide bonds. The molecule has 0 atom stereocenters. The Morgan fingerprint density at radius 2 is 2.29 bits per heavy atom. The Bertz CT molecular complexity index is 671. The summed E-state index contributed by atoms with van der Waals surface area (Å²) in [6, 6.07) is 7.83. The molecule has 0 saturated heterocycles. The van der Waals surface area contributed by atoms with Crippen LogP contribution in [0.3, 0.4) is 0 Å². The van der Waals surface area contributed by atoms with Gasteiger partial charge in [0.1, 0.15) is 0 Å². The second kappa shape index (κ2) is 6.27. The number of halogens is 1. The van der Waals surface area contributed by atoms with Gasteiger partial charge < -0.3 is 0 Å². The molecule has 0 spiro atoms. The van der Waals surface area contributed by atoms with Crippen LogP contribution in [-0.2, 0) is 19.5 Å². The largest absolute Gasteiger partial charge is 0.294 e. The first-order chi connectivity index (χ1) is 10.2. The minimum absolute atomic E-state index is 0.275. The Labute approximate surface area is 136 Å². The summed E-state index contributed by atoms with van der Waals surface area (Å²) in [4.78, 5) is 15.5. The lowest BCUT2D eigenvalue weighted by Crippen LogP contribution is -2.30. The normalized spacial score (nSPS) is 14.8. The molecule has 21 heavy (non-hydrogen) atoms. The maximum Gasteiger partial charge on any atom is 0.265 e. The summed E-state index contributed by atoms with van der Waals surface area (Å²) < 4.78 is 0.944. The van der Waals surface area contributed by atoms with E-state index < -0.39 is 0 Å². The number of nitrogens with two attached hydrogens (primary N) is 1. The number of amides is 1. The Balaban J connectivity index is 1.72. The number of benzene rings is 1. The van der Waals surface area contributed by atoms with Gasteiger partial charge in [-0.1, -0.05) is 22.0 Å². The van der Waals surface area contributed by atoms with Gasteiger partial charge in [0.25, 0.3) is 5.91 Å². The van der Waals surface area contributed by atoms with Crippen LogP contribution < -0.4 is 11.3 Å². The first-order valence-corrected chi connectivity index (χ1v) is 8.41. The number of carbonyl (C=O) groups excluding carboxylic acids is 1. The van der Waals surface area contributed by atoms with Gasteiger partial charge in [-0.3, -0.25) is 15.1 Å². The standard InChI is InChI=1S/C15H16BrN3OS/c16-13-7-10(15(20)18-17)1-2-11(13)8-19-5-3-14-12(9-19)4-6-21-14/h1-2,4,6-7H,3,5,8-9,17H2,(H,18,20). The highest BCUT2D eigenvalue weighted by molar-refractivity contribution is 9.10. The van der Waals surface area contributed by atoms with Crippen LogP contribution in [0.5, 0.6) is 0 Å². The fraction of sp³-hybridized carbons (Fsp3) is 0.267. The van der Waals surface area contributed by atoms with Crippen molar-refractivity contribution in [3.8, 4) is 0 Å². The summed E-state index contributed by atoms with van der Waals surface area (Å²) in [5, 5.41) is 2.17. The number of fused-ring (bicyclic) bond motifs is 1. The van der Waals surface area contributed by atoms with Crippen LogP contribution in [0, 0.1) is 0 Å². The number of nitrogens with zero attached hydrogens (tertiary/aromatic N) is 1. The summed E-state index contributed by atoms with van der Waals surface area (Å²) in [5.74, 6) is 4.88. The number of hydrogen-bond donors (Lipinski definition) is 2. The topological polar surface area (TPSA) is 58.4 Å². The molecular formula is C15H16BrN3OS. The fourth-order valence-corrected chi connectivity index (χ4v) is 3.98. The van der Waals surface area contributed by atoms with Gasteiger partial charge in [-0.15, -0.1) is 11.3 Å². The molecule has 3 rings (SSSR count). The highest BCUT2D eigenvalue weighted by atomic mass is 79.9. The van der Waals surface area contributed by atoms with Crippen molar-refractivity contribution < 1.29 is 4.79 Å². The molecule has 3 N–H and O–H groups in total. The van der Waals surface area contributed by atoms with Crippen molar-refractivity contribution in [3.63, 3.8) is 0 Å². The van der Waals surface area contributed by atoms with E-state index in [4.69, 9.17) is 5.84 Å². The average molecular weight is 366 g/mol. The molecule has 1 aromatic carbocycles. The van der Waals surface area contributed by atoms with E-state index in [1.54, 1.807) is 0 Å². The van der Waals surface area contributed by atoms with E-state index in [1.165, 1.54) is 16.0 Å². The van der Waals surface area contributed by atoms with Crippen LogP contribution in [0.1, 0.15) is 26.4 Å². The third-order valence-electron chi connectivity index (χ3n) is 3.73. The smallest absolute Gasteiger partial charge is 0.265 e. The van der Waals surface area contributed by atoms with Crippen LogP contribution in [0.4, 0.5) is 0 Å². The van der Waals surface area contributed by atoms with Gasteiger partial charge in [0.05, 0.1) is 0 Å². The molecule has 0 unspecified atom stereocenters. The molecule has 1 aliphatic heterocycles. The number of nitrogen functional groups attached to an aromatic ring is 1. The third-order valence-corrected chi connectivity index (χ3v) is 5.49. The number of thiophene rings is 1. The van der Waals surface area contributed by atoms with Crippen molar-refractivity contribution in [2.75, 3.05) is 6.54 Å². The van der Waals surface area contributed by atoms with E-state index >= 15 is 0 Å². The molecule has 110 valence electrons. The average Bonchev–Trinajstić information content (AvgIpc) is 2.96. The molecule has 1 aliphatic rings. The van der Waals surface area contributed by atoms with Crippen LogP contribution in [0.25, 0.3) is 0 Å². The van der Waals surface area contributed by atoms with Crippen molar-refractivity contribution in [1.29, 1.82) is 0 Å². The Morgan fingerprint density at radius 3 is 3.05 bits per heavy atom. The van der Waals surface area contributed by atoms with E-state index in [9.17, 15) is 4.79 Å². The molecule has 2 aromatic rings. The van der Waals surface area contributed by atoms with E-state index in [1.807, 2.05) is 29.5 Å². The lowest BCUT2D eigenvalue weighted by atomic mass is 10.1. The second-order valence-corrected chi connectivity index (χ2v) is 6.96. The molecule has 4 nitrogen and oxygen atoms in total. The molecule has 0 aliphatic carbocycles. The minimum atomic E-state index is -0.275. The highest BCUT2D eigenvalue weighted by Gasteiger charge is 2.18. The van der Waals surface area contributed by atoms with Crippen molar-refractivity contribution in [1.82, 2.24) is 10.3 Å². The SMILES string of the molecule is NNC(=O)c1ccc(CN2CCc3sccc3C2)c(Br)c1. The zero-order valence-electron chi connectivity index (χ0n) is 11.4. The quantitative estimate of drug-likeness (QED) is 0.499. The maximum atomic E-state index is 11.5. The van der Waals surface area contributed by atoms with Crippen molar-refractivity contribution >= 4 is 33.2 Å². The lowest BCUT2D eigenvalue weighted by Gasteiger charge is -2.27. The Morgan fingerprint density at radius 1 is 1.43 bits per heavy atom. The fourth-order valence-electron chi connectivity index (χ4n) is 2.58. The summed E-state index contributed by atoms with van der Waals surface area (Å²) in [6.07, 6.45) is 1.12. The summed E-state index contributed by atoms with van der Waals surface area (Å²) in [6.45, 7) is 2.95. The van der Waals surface area contributed by atoms with Crippen molar-refractivity contribution in [2.45, 2.75) is 19.5 Å². The summed E-state index contributed by atoms with van der Waals surface area (Å²) in [7, 11) is 0. The molecule has 6 heteroatoms. The molecular weight excluding hydrogens is 350 g/mol. The number of hydrogen-bond acceptors (Lipinski definition) is 4. The monoisotopic (exact) mass is 365 g/mol. The molecule has 0 radical (unpaired) electrons. The molecule has 0 bridgehead atoms. The second-order valence-electron chi connectivity index (χ2n) is 5.11. The van der Waals surface area contributed by atoms with Crippen LogP contribution in [0.2, 0.25) is 0 Å². The lowest BCUT2D eigenvalue weighted by molar-refractivity contribution is 0.0953. The van der Waals surface area contributed by atoms with Crippen LogP contribution >= 0.6 is 27.3 Å². The Hall–Kier alpha value is -1.21. The van der Waals surface area contributed by atoms with Gasteiger partial charge in [0, 0.05) is 34.5 Å². The third kappa shape index (κ3) is 3.18. The van der Waals surface area contributed by atoms with E-state index in [0.29, 0.717) is 5.56 Å². The molecule has 2 heterocycles. The Kier molecular flexibility index (Phi) is 4.40. The van der Waals surface area contributed by atoms with Crippen LogP contribution in [-0.4, -0.2) is 17.4 Å². The number of rotatable bonds is 3. The number of carbonyl (C=O) groups is 1. The van der Waals surface area contributed by atoms with E-state index in [2.05, 4.69) is 37.7 Å². The summed E-state index contributed by atoms with van der Waals surface area (Å²) >= 11 is 5.40. The first-order valence-electron chi connectivity index (χ1n) is 6.74. The highest BCUT2D eigenvalue weighted by Crippen LogP contribution is 2.27. The minimum Gasteiger partial charge on any atom is -0.294 e. The maximum absolute atomic E-state index is 11.5. The zero-order chi connectivity index (χ0) is 14.8. The van der Waals surface area contributed by atoms with Gasteiger partial charge in [0.15, 0.2) is 0 Å². The van der Waals surface area contributed by atoms with Gasteiger partial charge >= 0.3 is 0 Å². The van der Waals surface area contributed by atoms with Gasteiger partial charge in [-0.05, 0) is 41.1 Å². The summed E-state index contributed by atoms with van der Waals surface area (Å²) in [5.41, 5.74) is 5.34. The van der Waals surface area contributed by atoms with Crippen molar-refractivity contribution in [3.05, 3.63) is 55.7 Å². The van der Waals surface area contributed by atoms with Crippen LogP contribution in [0.15, 0.2) is 34.1 Å². The first kappa shape index (κ1) is 14.7. The molecule has 0 fully saturated rings. The van der Waals surface area contributed by atoms with Gasteiger partial charge in [0.2, 0.25) is 0 Å². The number of nitrogens with one attached hydrogen (secondary N) is 1. The predicted molar refractivity (Wildman–Crippen MR) is 87.9 cm³/mol. The van der Waals surface area contributed by atoms with Gasteiger partial charge in [-0.25, -0.2) is 5.84 Å². The van der Waals surface area contributed by atoms with E-state index in [-0.39, 0.29) is 5.91 Å². The number of hydrazine groups is 1. The van der Waals surface area contributed by atoms with E-state index in [0.717, 1.165) is 30.5 Å². The predicted octanol–water partition coefficient (Wildman–Crippen LogP) is 2.67.